The molecule has 0 aliphatic heterocycles. The molecule has 0 bridgehead atoms. The maximum absolute atomic E-state index is 11.4. The summed E-state index contributed by atoms with van der Waals surface area (Å²) in [5.41, 5.74) is 0.645. The van der Waals surface area contributed by atoms with E-state index < -0.39 is 5.97 Å². The lowest BCUT2D eigenvalue weighted by molar-refractivity contribution is -0.137. The van der Waals surface area contributed by atoms with Gasteiger partial charge in [-0.2, -0.15) is 5.26 Å². The van der Waals surface area contributed by atoms with Gasteiger partial charge in [0.05, 0.1) is 13.2 Å². The average molecular weight is 261 g/mol. The van der Waals surface area contributed by atoms with Crippen molar-refractivity contribution in [3.63, 3.8) is 0 Å². The number of hydrogen-bond donors (Lipinski definition) is 1. The third-order valence-corrected chi connectivity index (χ3v) is 2.17. The van der Waals surface area contributed by atoms with Gasteiger partial charge in [0.1, 0.15) is 24.0 Å². The lowest BCUT2D eigenvalue weighted by atomic mass is 10.1. The second kappa shape index (κ2) is 7.90. The van der Waals surface area contributed by atoms with E-state index in [0.717, 1.165) is 0 Å². The van der Waals surface area contributed by atoms with Crippen LogP contribution in [0.1, 0.15) is 12.5 Å². The number of hydrogen-bond acceptors (Lipinski definition) is 5. The molecule has 1 aromatic carbocycles. The standard InChI is InChI=1S/C14H15NO4/c1-2-18-14(17)12(10-15)9-11-3-5-13(6-4-11)19-8-7-16/h3-6,9,16H,2,7-8H2,1H3/b12-9+. The molecule has 0 aromatic heterocycles. The Morgan fingerprint density at radius 3 is 2.63 bits per heavy atom. The van der Waals surface area contributed by atoms with Crippen LogP contribution in [0.5, 0.6) is 5.75 Å². The molecule has 1 rings (SSSR count). The highest BCUT2D eigenvalue weighted by Crippen LogP contribution is 2.14. The van der Waals surface area contributed by atoms with Crippen molar-refractivity contribution in [3.05, 3.63) is 35.4 Å². The number of aliphatic hydroxyl groups is 1. The molecule has 0 saturated carbocycles. The summed E-state index contributed by atoms with van der Waals surface area (Å²) in [6, 6.07) is 8.62. The molecule has 0 spiro atoms. The van der Waals surface area contributed by atoms with Crippen molar-refractivity contribution < 1.29 is 19.4 Å². The monoisotopic (exact) mass is 261 g/mol. The quantitative estimate of drug-likeness (QED) is 0.477. The van der Waals surface area contributed by atoms with Crippen molar-refractivity contribution >= 4 is 12.0 Å². The predicted molar refractivity (Wildman–Crippen MR) is 69.2 cm³/mol. The van der Waals surface area contributed by atoms with E-state index in [1.54, 1.807) is 37.3 Å². The summed E-state index contributed by atoms with van der Waals surface area (Å²) < 4.78 is 9.96. The fraction of sp³-hybridized carbons (Fsp3) is 0.286. The summed E-state index contributed by atoms with van der Waals surface area (Å²) in [5, 5.41) is 17.5. The number of esters is 1. The summed E-state index contributed by atoms with van der Waals surface area (Å²) in [7, 11) is 0. The van der Waals surface area contributed by atoms with Crippen LogP contribution in [0.15, 0.2) is 29.8 Å². The van der Waals surface area contributed by atoms with Crippen molar-refractivity contribution in [1.29, 1.82) is 5.26 Å². The van der Waals surface area contributed by atoms with Gasteiger partial charge < -0.3 is 14.6 Å². The molecule has 0 atom stereocenters. The van der Waals surface area contributed by atoms with Gasteiger partial charge in [-0.3, -0.25) is 0 Å². The predicted octanol–water partition coefficient (Wildman–Crippen LogP) is 1.53. The van der Waals surface area contributed by atoms with Crippen molar-refractivity contribution in [2.24, 2.45) is 0 Å². The van der Waals surface area contributed by atoms with Crippen LogP contribution in [0.25, 0.3) is 6.08 Å². The first-order valence-corrected chi connectivity index (χ1v) is 5.84. The Morgan fingerprint density at radius 2 is 2.11 bits per heavy atom. The molecule has 0 unspecified atom stereocenters. The normalized spacial score (nSPS) is 10.7. The van der Waals surface area contributed by atoms with E-state index in [0.29, 0.717) is 11.3 Å². The van der Waals surface area contributed by atoms with E-state index in [1.165, 1.54) is 6.08 Å². The highest BCUT2D eigenvalue weighted by molar-refractivity contribution is 5.97. The minimum atomic E-state index is -0.634. The molecule has 0 aliphatic rings. The van der Waals surface area contributed by atoms with Gasteiger partial charge >= 0.3 is 5.97 Å². The first-order valence-electron chi connectivity index (χ1n) is 5.84. The fourth-order valence-corrected chi connectivity index (χ4v) is 1.34. The number of ether oxygens (including phenoxy) is 2. The maximum atomic E-state index is 11.4. The molecular formula is C14H15NO4. The van der Waals surface area contributed by atoms with Crippen LogP contribution in [0.4, 0.5) is 0 Å². The molecule has 5 heteroatoms. The van der Waals surface area contributed by atoms with Gasteiger partial charge in [-0.25, -0.2) is 4.79 Å². The molecule has 0 amide bonds. The van der Waals surface area contributed by atoms with E-state index in [4.69, 9.17) is 19.8 Å². The number of nitrogens with zero attached hydrogens (tertiary/aromatic N) is 1. The highest BCUT2D eigenvalue weighted by atomic mass is 16.5. The summed E-state index contributed by atoms with van der Waals surface area (Å²) >= 11 is 0. The zero-order valence-electron chi connectivity index (χ0n) is 10.6. The Balaban J connectivity index is 2.80. The Labute approximate surface area is 111 Å². The summed E-state index contributed by atoms with van der Waals surface area (Å²) in [4.78, 5) is 11.4. The molecule has 0 aliphatic carbocycles. The Kier molecular flexibility index (Phi) is 6.13. The molecular weight excluding hydrogens is 246 g/mol. The van der Waals surface area contributed by atoms with Gasteiger partial charge in [0.15, 0.2) is 0 Å². The van der Waals surface area contributed by atoms with Crippen molar-refractivity contribution in [2.75, 3.05) is 19.8 Å². The zero-order valence-corrected chi connectivity index (χ0v) is 10.6. The molecule has 1 N–H and O–H groups in total. The smallest absolute Gasteiger partial charge is 0.348 e. The molecule has 0 heterocycles. The summed E-state index contributed by atoms with van der Waals surface area (Å²) in [5.74, 6) is -0.0218. The van der Waals surface area contributed by atoms with E-state index in [2.05, 4.69) is 0 Å². The third-order valence-electron chi connectivity index (χ3n) is 2.17. The Bertz CT molecular complexity index is 485. The van der Waals surface area contributed by atoms with Crippen molar-refractivity contribution in [2.45, 2.75) is 6.92 Å². The number of rotatable bonds is 6. The lowest BCUT2D eigenvalue weighted by Gasteiger charge is -2.04. The molecule has 0 saturated heterocycles. The van der Waals surface area contributed by atoms with Crippen LogP contribution in [0.2, 0.25) is 0 Å². The van der Waals surface area contributed by atoms with Crippen LogP contribution in [-0.2, 0) is 9.53 Å². The molecule has 1 aromatic rings. The number of aliphatic hydroxyl groups excluding tert-OH is 1. The number of carbonyl (C=O) groups is 1. The van der Waals surface area contributed by atoms with Gasteiger partial charge in [0.25, 0.3) is 0 Å². The fourth-order valence-electron chi connectivity index (χ4n) is 1.34. The molecule has 100 valence electrons. The van der Waals surface area contributed by atoms with Crippen LogP contribution >= 0.6 is 0 Å². The van der Waals surface area contributed by atoms with E-state index in [-0.39, 0.29) is 25.4 Å². The van der Waals surface area contributed by atoms with Gasteiger partial charge in [0.2, 0.25) is 0 Å². The van der Waals surface area contributed by atoms with Crippen LogP contribution in [0.3, 0.4) is 0 Å². The van der Waals surface area contributed by atoms with Crippen molar-refractivity contribution in [1.82, 2.24) is 0 Å². The Morgan fingerprint density at radius 1 is 1.42 bits per heavy atom. The van der Waals surface area contributed by atoms with Crippen LogP contribution in [0, 0.1) is 11.3 Å². The summed E-state index contributed by atoms with van der Waals surface area (Å²) in [6.07, 6.45) is 1.45. The topological polar surface area (TPSA) is 79.6 Å². The molecule has 0 radical (unpaired) electrons. The average Bonchev–Trinajstić information content (AvgIpc) is 2.44. The van der Waals surface area contributed by atoms with E-state index >= 15 is 0 Å². The maximum Gasteiger partial charge on any atom is 0.348 e. The third kappa shape index (κ3) is 4.82. The first kappa shape index (κ1) is 14.7. The highest BCUT2D eigenvalue weighted by Gasteiger charge is 2.09. The number of carbonyl (C=O) groups excluding carboxylic acids is 1. The van der Waals surface area contributed by atoms with Gasteiger partial charge in [-0.05, 0) is 30.7 Å². The van der Waals surface area contributed by atoms with Gasteiger partial charge in [-0.1, -0.05) is 12.1 Å². The van der Waals surface area contributed by atoms with Crippen LogP contribution in [-0.4, -0.2) is 30.9 Å². The van der Waals surface area contributed by atoms with Crippen molar-refractivity contribution in [3.8, 4) is 11.8 Å². The molecule has 5 nitrogen and oxygen atoms in total. The Hall–Kier alpha value is -2.32. The number of benzene rings is 1. The van der Waals surface area contributed by atoms with Gasteiger partial charge in [-0.15, -0.1) is 0 Å². The van der Waals surface area contributed by atoms with E-state index in [1.807, 2.05) is 0 Å². The minimum Gasteiger partial charge on any atom is -0.491 e. The SMILES string of the molecule is CCOC(=O)/C(C#N)=C/c1ccc(OCCO)cc1. The van der Waals surface area contributed by atoms with Crippen LogP contribution < -0.4 is 4.74 Å². The second-order valence-corrected chi connectivity index (χ2v) is 3.53. The summed E-state index contributed by atoms with van der Waals surface area (Å²) in [6.45, 7) is 2.08. The second-order valence-electron chi connectivity index (χ2n) is 3.53. The molecule has 0 fully saturated rings. The largest absolute Gasteiger partial charge is 0.491 e. The zero-order chi connectivity index (χ0) is 14.1. The molecule has 19 heavy (non-hydrogen) atoms. The van der Waals surface area contributed by atoms with Gasteiger partial charge in [0, 0.05) is 0 Å². The number of nitriles is 1. The van der Waals surface area contributed by atoms with E-state index in [9.17, 15) is 4.79 Å². The minimum absolute atomic E-state index is 0.0501. The first-order chi connectivity index (χ1) is 9.21. The lowest BCUT2D eigenvalue weighted by Crippen LogP contribution is -2.06.